The fourth-order valence-electron chi connectivity index (χ4n) is 2.27. The molecule has 1 N–H and O–H groups in total. The van der Waals surface area contributed by atoms with Crippen LogP contribution in [0.1, 0.15) is 12.5 Å². The summed E-state index contributed by atoms with van der Waals surface area (Å²) in [4.78, 5) is 22.6. The van der Waals surface area contributed by atoms with Crippen molar-refractivity contribution in [1.82, 2.24) is 0 Å². The number of ketones is 1. The van der Waals surface area contributed by atoms with Crippen LogP contribution in [0.15, 0.2) is 54.1 Å². The average Bonchev–Trinajstić information content (AvgIpc) is 2.48. The number of ether oxygens (including phenoxy) is 1. The number of Topliss-reactive ketones (excluding diaryl/α,β-unsaturated/α-hetero) is 1. The zero-order chi connectivity index (χ0) is 16.2. The van der Waals surface area contributed by atoms with Gasteiger partial charge in [0.25, 0.3) is 0 Å². The van der Waals surface area contributed by atoms with Gasteiger partial charge in [0.2, 0.25) is 0 Å². The lowest BCUT2D eigenvalue weighted by Gasteiger charge is -2.35. The van der Waals surface area contributed by atoms with Crippen LogP contribution >= 0.6 is 0 Å². The molecule has 0 amide bonds. The molecule has 2 rings (SSSR count). The first kappa shape index (κ1) is 16.1. The van der Waals surface area contributed by atoms with E-state index in [1.165, 1.54) is 25.2 Å². The summed E-state index contributed by atoms with van der Waals surface area (Å²) in [6.07, 6.45) is 3.91. The highest BCUT2D eigenvalue weighted by Crippen LogP contribution is 2.28. The van der Waals surface area contributed by atoms with Gasteiger partial charge in [0, 0.05) is 5.57 Å². The second-order valence-corrected chi connectivity index (χ2v) is 5.28. The molecule has 0 saturated carbocycles. The number of hydrogen-bond donors (Lipinski definition) is 1. The van der Waals surface area contributed by atoms with Gasteiger partial charge in [-0.15, -0.1) is 0 Å². The third-order valence-electron chi connectivity index (χ3n) is 3.54. The van der Waals surface area contributed by atoms with Crippen LogP contribution in [0.3, 0.4) is 0 Å². The molecule has 0 saturated heterocycles. The predicted molar refractivity (Wildman–Crippen MR) is 77.4 cm³/mol. The molecule has 5 nitrogen and oxygen atoms in total. The predicted octanol–water partition coefficient (Wildman–Crippen LogP) is 0.386. The lowest BCUT2D eigenvalue weighted by Crippen LogP contribution is -2.50. The van der Waals surface area contributed by atoms with Crippen LogP contribution in [-0.4, -0.2) is 29.1 Å². The average molecular weight is 301 g/mol. The Morgan fingerprint density at radius 2 is 2.00 bits per heavy atom. The van der Waals surface area contributed by atoms with Gasteiger partial charge in [-0.1, -0.05) is 42.5 Å². The zero-order valence-electron chi connectivity index (χ0n) is 12.2. The summed E-state index contributed by atoms with van der Waals surface area (Å²) in [6.45, 7) is 1.37. The minimum atomic E-state index is -1.73. The van der Waals surface area contributed by atoms with Crippen molar-refractivity contribution in [2.75, 3.05) is 6.61 Å². The highest BCUT2D eigenvalue weighted by molar-refractivity contribution is 5.97. The first-order valence-corrected chi connectivity index (χ1v) is 6.89. The minimum absolute atomic E-state index is 0.210. The van der Waals surface area contributed by atoms with Crippen molar-refractivity contribution in [3.63, 3.8) is 0 Å². The van der Waals surface area contributed by atoms with Gasteiger partial charge in [-0.3, -0.25) is 4.79 Å². The smallest absolute Gasteiger partial charge is 0.159 e. The van der Waals surface area contributed by atoms with E-state index in [0.29, 0.717) is 0 Å². The Bertz CT molecular complexity index is 617. The second-order valence-electron chi connectivity index (χ2n) is 5.28. The van der Waals surface area contributed by atoms with Crippen LogP contribution in [0.5, 0.6) is 0 Å². The molecule has 0 aromatic heterocycles. The summed E-state index contributed by atoms with van der Waals surface area (Å²) >= 11 is 0. The molecular formula is C17H17O5-. The Kier molecular flexibility index (Phi) is 4.90. The highest BCUT2D eigenvalue weighted by Gasteiger charge is 2.37. The van der Waals surface area contributed by atoms with E-state index in [2.05, 4.69) is 0 Å². The topological polar surface area (TPSA) is 86.7 Å². The molecule has 1 aliphatic rings. The van der Waals surface area contributed by atoms with Gasteiger partial charge < -0.3 is 19.7 Å². The maximum absolute atomic E-state index is 11.3. The Balaban J connectivity index is 2.06. The quantitative estimate of drug-likeness (QED) is 0.821. The van der Waals surface area contributed by atoms with Gasteiger partial charge in [-0.25, -0.2) is 0 Å². The van der Waals surface area contributed by atoms with E-state index in [1.54, 1.807) is 0 Å². The Morgan fingerprint density at radius 3 is 2.59 bits per heavy atom. The molecule has 0 aliphatic heterocycles. The van der Waals surface area contributed by atoms with Crippen LogP contribution in [0.25, 0.3) is 0 Å². The van der Waals surface area contributed by atoms with E-state index in [0.717, 1.165) is 5.56 Å². The van der Waals surface area contributed by atoms with Gasteiger partial charge in [-0.05, 0) is 18.6 Å². The molecule has 5 heteroatoms. The third-order valence-corrected chi connectivity index (χ3v) is 3.54. The molecule has 116 valence electrons. The molecule has 0 radical (unpaired) electrons. The number of aliphatic carboxylic acids is 1. The first-order valence-electron chi connectivity index (χ1n) is 6.89. The van der Waals surface area contributed by atoms with Crippen molar-refractivity contribution in [2.45, 2.75) is 19.1 Å². The number of rotatable bonds is 6. The molecule has 1 aliphatic carbocycles. The van der Waals surface area contributed by atoms with Crippen LogP contribution in [0.2, 0.25) is 0 Å². The third kappa shape index (κ3) is 3.69. The van der Waals surface area contributed by atoms with Crippen LogP contribution in [0.4, 0.5) is 0 Å². The van der Waals surface area contributed by atoms with Crippen LogP contribution in [0, 0.1) is 5.92 Å². The highest BCUT2D eigenvalue weighted by atomic mass is 16.5. The Hall–Kier alpha value is -2.24. The van der Waals surface area contributed by atoms with E-state index in [9.17, 15) is 19.8 Å². The number of allylic oxidation sites excluding steroid dienone is 2. The number of hydrogen-bond acceptors (Lipinski definition) is 5. The summed E-state index contributed by atoms with van der Waals surface area (Å²) in [7, 11) is 0. The van der Waals surface area contributed by atoms with Crippen molar-refractivity contribution in [3.05, 3.63) is 59.7 Å². The van der Waals surface area contributed by atoms with E-state index in [1.807, 2.05) is 30.3 Å². The van der Waals surface area contributed by atoms with Crippen LogP contribution in [-0.2, 0) is 20.9 Å². The van der Waals surface area contributed by atoms with E-state index >= 15 is 0 Å². The fraction of sp³-hybridized carbons (Fsp3) is 0.294. The monoisotopic (exact) mass is 301 g/mol. The number of carboxylic acid groups (broad SMARTS) is 1. The summed E-state index contributed by atoms with van der Waals surface area (Å²) in [5.74, 6) is -3.05. The molecule has 2 atom stereocenters. The molecule has 0 fully saturated rings. The molecule has 0 spiro atoms. The second kappa shape index (κ2) is 6.68. The minimum Gasteiger partial charge on any atom is -0.549 e. The van der Waals surface area contributed by atoms with Crippen molar-refractivity contribution < 1.29 is 24.5 Å². The molecule has 0 heterocycles. The van der Waals surface area contributed by atoms with Crippen molar-refractivity contribution in [1.29, 1.82) is 0 Å². The van der Waals surface area contributed by atoms with Crippen molar-refractivity contribution in [3.8, 4) is 0 Å². The lowest BCUT2D eigenvalue weighted by atomic mass is 9.81. The maximum atomic E-state index is 11.3. The number of carboxylic acids is 1. The Labute approximate surface area is 128 Å². The summed E-state index contributed by atoms with van der Waals surface area (Å²) < 4.78 is 5.43. The van der Waals surface area contributed by atoms with E-state index < -0.39 is 17.5 Å². The molecule has 0 bridgehead atoms. The molecular weight excluding hydrogens is 284 g/mol. The number of carbonyl (C=O) groups is 2. The summed E-state index contributed by atoms with van der Waals surface area (Å²) in [6, 6.07) is 9.33. The first-order chi connectivity index (χ1) is 10.4. The molecule has 1 aromatic rings. The van der Waals surface area contributed by atoms with Crippen molar-refractivity contribution >= 4 is 11.8 Å². The number of aliphatic hydroxyl groups is 1. The molecule has 2 unspecified atom stereocenters. The molecule has 1 aromatic carbocycles. The van der Waals surface area contributed by atoms with Crippen molar-refractivity contribution in [2.24, 2.45) is 5.92 Å². The van der Waals surface area contributed by atoms with Crippen LogP contribution < -0.4 is 5.11 Å². The SMILES string of the molecule is CC(=O)C1=CC(C(=O)[O-])C(O)(COCc2ccccc2)C=C1. The van der Waals surface area contributed by atoms with Gasteiger partial charge in [0.15, 0.2) is 5.78 Å². The standard InChI is InChI=1S/C17H18O5/c1-12(18)14-7-8-17(21,15(9-14)16(19)20)11-22-10-13-5-3-2-4-6-13/h2-9,15,21H,10-11H2,1H3,(H,19,20)/p-1. The largest absolute Gasteiger partial charge is 0.549 e. The maximum Gasteiger partial charge on any atom is 0.159 e. The fourth-order valence-corrected chi connectivity index (χ4v) is 2.27. The van der Waals surface area contributed by atoms with Gasteiger partial charge in [-0.2, -0.15) is 0 Å². The van der Waals surface area contributed by atoms with Gasteiger partial charge in [0.05, 0.1) is 25.1 Å². The zero-order valence-corrected chi connectivity index (χ0v) is 12.2. The lowest BCUT2D eigenvalue weighted by molar-refractivity contribution is -0.314. The summed E-state index contributed by atoms with van der Waals surface area (Å²) in [5.41, 5.74) is -0.579. The number of benzene rings is 1. The number of carbonyl (C=O) groups excluding carboxylic acids is 2. The van der Waals surface area contributed by atoms with Gasteiger partial charge >= 0.3 is 0 Å². The Morgan fingerprint density at radius 1 is 1.32 bits per heavy atom. The summed E-state index contributed by atoms with van der Waals surface area (Å²) in [5, 5.41) is 21.7. The normalized spacial score (nSPS) is 23.9. The van der Waals surface area contributed by atoms with E-state index in [-0.39, 0.29) is 24.6 Å². The van der Waals surface area contributed by atoms with Gasteiger partial charge in [0.1, 0.15) is 5.60 Å². The molecule has 22 heavy (non-hydrogen) atoms. The van der Waals surface area contributed by atoms with E-state index in [4.69, 9.17) is 4.74 Å².